The number of aryl methyl sites for hydroxylation is 1. The first kappa shape index (κ1) is 21.6. The van der Waals surface area contributed by atoms with E-state index in [-0.39, 0.29) is 21.8 Å². The molecule has 0 aliphatic carbocycles. The molecule has 1 unspecified atom stereocenters. The Hall–Kier alpha value is -3.58. The van der Waals surface area contributed by atoms with Crippen molar-refractivity contribution in [2.75, 3.05) is 32.5 Å². The molecule has 0 radical (unpaired) electrons. The minimum atomic E-state index is -0.306. The fraction of sp³-hybridized carbons (Fsp3) is 0.280. The largest absolute Gasteiger partial charge is 0.337 e. The molecule has 32 heavy (non-hydrogen) atoms. The highest BCUT2D eigenvalue weighted by Gasteiger charge is 2.28. The van der Waals surface area contributed by atoms with Gasteiger partial charge in [0.1, 0.15) is 5.69 Å². The van der Waals surface area contributed by atoms with Crippen LogP contribution in [0.5, 0.6) is 0 Å². The van der Waals surface area contributed by atoms with Crippen LogP contribution < -0.4 is 5.32 Å². The highest BCUT2D eigenvalue weighted by atomic mass is 16.2. The van der Waals surface area contributed by atoms with Gasteiger partial charge in [0, 0.05) is 40.2 Å². The van der Waals surface area contributed by atoms with Crippen LogP contribution in [-0.2, 0) is 0 Å². The first-order valence-corrected chi connectivity index (χ1v) is 10.7. The summed E-state index contributed by atoms with van der Waals surface area (Å²) in [4.78, 5) is 38.5. The molecule has 1 aliphatic rings. The Kier molecular flexibility index (Phi) is 6.28. The van der Waals surface area contributed by atoms with Gasteiger partial charge in [-0.3, -0.25) is 14.6 Å². The van der Waals surface area contributed by atoms with E-state index in [1.54, 1.807) is 13.1 Å². The number of para-hydroxylation sites is 1. The third kappa shape index (κ3) is 4.68. The molecule has 0 bridgehead atoms. The number of anilines is 1. The molecule has 7 nitrogen and oxygen atoms in total. The van der Waals surface area contributed by atoms with E-state index < -0.39 is 0 Å². The van der Waals surface area contributed by atoms with E-state index in [1.807, 2.05) is 73.6 Å². The molecule has 1 aromatic heterocycles. The van der Waals surface area contributed by atoms with Crippen LogP contribution in [0.15, 0.2) is 60.8 Å². The van der Waals surface area contributed by atoms with E-state index in [9.17, 15) is 9.59 Å². The number of hydrogen-bond acceptors (Lipinski definition) is 5. The number of carbonyl (C=O) groups is 2. The molecular formula is C25H33N5O2. The number of nitrogens with zero attached hydrogens (tertiary/aromatic N) is 4. The zero-order valence-corrected chi connectivity index (χ0v) is 18.6. The van der Waals surface area contributed by atoms with Crippen LogP contribution in [0.3, 0.4) is 0 Å². The van der Waals surface area contributed by atoms with Crippen molar-refractivity contribution in [2.24, 2.45) is 0 Å². The third-order valence-electron chi connectivity index (χ3n) is 5.81. The van der Waals surface area contributed by atoms with Crippen molar-refractivity contribution < 1.29 is 13.9 Å². The highest BCUT2D eigenvalue weighted by molar-refractivity contribution is 6.03. The smallest absolute Gasteiger partial charge is 0.276 e. The lowest BCUT2D eigenvalue weighted by molar-refractivity contribution is 0.0783. The fourth-order valence-electron chi connectivity index (χ4n) is 3.83. The third-order valence-corrected chi connectivity index (χ3v) is 5.81. The Balaban J connectivity index is 0.00000204. The van der Waals surface area contributed by atoms with Gasteiger partial charge in [-0.1, -0.05) is 30.3 Å². The summed E-state index contributed by atoms with van der Waals surface area (Å²) in [5.41, 5.74) is 3.56. The molecule has 1 aliphatic heterocycles. The van der Waals surface area contributed by atoms with Crippen LogP contribution in [0.1, 0.15) is 37.2 Å². The molecule has 7 heteroatoms. The Morgan fingerprint density at radius 3 is 2.47 bits per heavy atom. The average Bonchev–Trinajstić information content (AvgIpc) is 3.30. The minimum Gasteiger partial charge on any atom is -0.337 e. The molecule has 2 aromatic carbocycles. The second kappa shape index (κ2) is 9.28. The average molecular weight is 436 g/mol. The lowest BCUT2D eigenvalue weighted by Gasteiger charge is -2.20. The zero-order chi connectivity index (χ0) is 22.7. The maximum atomic E-state index is 12.9. The molecule has 1 fully saturated rings. The number of likely N-dealkylation sites (N-methyl/N-ethyl adjacent to an activating group) is 1. The normalized spacial score (nSPS) is 15.8. The number of likely N-dealkylation sites (tertiary alicyclic amines) is 1. The molecule has 2 amide bonds. The van der Waals surface area contributed by atoms with E-state index in [4.69, 9.17) is 0 Å². The molecule has 4 rings (SSSR count). The quantitative estimate of drug-likeness (QED) is 0.649. The standard InChI is InChI=1S/C25H27N5O2.3H2/c1-17-23(24(31)27-20-7-5-4-6-8-20)28-22(15-26-17)18-9-11-19(12-10-18)25(32)30-14-13-21(16-30)29(2)3;;;/h4-12,15,21H,13-14,16H2,1-3H3,(H,27,31);3*1H. The van der Waals surface area contributed by atoms with Crippen molar-refractivity contribution in [2.45, 2.75) is 19.4 Å². The zero-order valence-electron chi connectivity index (χ0n) is 18.6. The summed E-state index contributed by atoms with van der Waals surface area (Å²) in [5.74, 6) is -0.266. The summed E-state index contributed by atoms with van der Waals surface area (Å²) < 4.78 is 0. The Morgan fingerprint density at radius 1 is 1.09 bits per heavy atom. The van der Waals surface area contributed by atoms with Crippen LogP contribution in [-0.4, -0.2) is 64.8 Å². The number of amides is 2. The van der Waals surface area contributed by atoms with Gasteiger partial charge >= 0.3 is 0 Å². The van der Waals surface area contributed by atoms with Crippen molar-refractivity contribution in [3.05, 3.63) is 77.7 Å². The van der Waals surface area contributed by atoms with Crippen molar-refractivity contribution in [1.82, 2.24) is 19.8 Å². The molecular weight excluding hydrogens is 402 g/mol. The van der Waals surface area contributed by atoms with E-state index in [0.717, 1.165) is 25.1 Å². The molecule has 1 N–H and O–H groups in total. The fourth-order valence-corrected chi connectivity index (χ4v) is 3.83. The number of carbonyl (C=O) groups excluding carboxylic acids is 2. The van der Waals surface area contributed by atoms with E-state index >= 15 is 0 Å². The van der Waals surface area contributed by atoms with Crippen molar-refractivity contribution >= 4 is 17.5 Å². The van der Waals surface area contributed by atoms with Crippen LogP contribution in [0, 0.1) is 6.92 Å². The topological polar surface area (TPSA) is 78.4 Å². The molecule has 170 valence electrons. The monoisotopic (exact) mass is 435 g/mol. The molecule has 3 aromatic rings. The van der Waals surface area contributed by atoms with Gasteiger partial charge in [0.05, 0.1) is 17.6 Å². The van der Waals surface area contributed by atoms with Gasteiger partial charge < -0.3 is 15.1 Å². The lowest BCUT2D eigenvalue weighted by atomic mass is 10.1. The van der Waals surface area contributed by atoms with E-state index in [2.05, 4.69) is 20.2 Å². The van der Waals surface area contributed by atoms with E-state index in [0.29, 0.717) is 28.7 Å². The SMILES string of the molecule is Cc1ncc(-c2ccc(C(=O)N3CCC(N(C)C)C3)cc2)nc1C(=O)Nc1ccccc1.[HH].[HH].[HH]. The minimum absolute atomic E-state index is 0. The first-order chi connectivity index (χ1) is 15.4. The number of benzene rings is 2. The van der Waals surface area contributed by atoms with Gasteiger partial charge in [0.2, 0.25) is 0 Å². The Labute approximate surface area is 192 Å². The summed E-state index contributed by atoms with van der Waals surface area (Å²) in [6, 6.07) is 17.0. The second-order valence-electron chi connectivity index (χ2n) is 8.24. The highest BCUT2D eigenvalue weighted by Crippen LogP contribution is 2.21. The summed E-state index contributed by atoms with van der Waals surface area (Å²) in [6.45, 7) is 3.28. The lowest BCUT2D eigenvalue weighted by Crippen LogP contribution is -2.34. The van der Waals surface area contributed by atoms with Gasteiger partial charge in [-0.2, -0.15) is 0 Å². The van der Waals surface area contributed by atoms with Crippen molar-refractivity contribution in [3.63, 3.8) is 0 Å². The van der Waals surface area contributed by atoms with Gasteiger partial charge in [0.15, 0.2) is 0 Å². The summed E-state index contributed by atoms with van der Waals surface area (Å²) in [7, 11) is 4.09. The molecule has 0 spiro atoms. The number of nitrogens with one attached hydrogen (secondary N) is 1. The molecule has 0 saturated carbocycles. The summed E-state index contributed by atoms with van der Waals surface area (Å²) >= 11 is 0. The van der Waals surface area contributed by atoms with Crippen LogP contribution in [0.4, 0.5) is 5.69 Å². The molecule has 1 saturated heterocycles. The number of hydrogen-bond donors (Lipinski definition) is 1. The van der Waals surface area contributed by atoms with Crippen LogP contribution >= 0.6 is 0 Å². The maximum Gasteiger partial charge on any atom is 0.276 e. The maximum absolute atomic E-state index is 12.9. The van der Waals surface area contributed by atoms with Gasteiger partial charge in [0.25, 0.3) is 11.8 Å². The first-order valence-electron chi connectivity index (χ1n) is 10.7. The van der Waals surface area contributed by atoms with Crippen molar-refractivity contribution in [1.29, 1.82) is 0 Å². The molecule has 1 atom stereocenters. The summed E-state index contributed by atoms with van der Waals surface area (Å²) in [6.07, 6.45) is 2.64. The number of aromatic nitrogens is 2. The predicted octanol–water partition coefficient (Wildman–Crippen LogP) is 4.22. The van der Waals surface area contributed by atoms with Crippen LogP contribution in [0.2, 0.25) is 0 Å². The van der Waals surface area contributed by atoms with Gasteiger partial charge in [-0.05, 0) is 51.7 Å². The second-order valence-corrected chi connectivity index (χ2v) is 8.24. The van der Waals surface area contributed by atoms with E-state index in [1.165, 1.54) is 0 Å². The van der Waals surface area contributed by atoms with Gasteiger partial charge in [-0.25, -0.2) is 4.98 Å². The predicted molar refractivity (Wildman–Crippen MR) is 131 cm³/mol. The Morgan fingerprint density at radius 2 is 1.81 bits per heavy atom. The van der Waals surface area contributed by atoms with Gasteiger partial charge in [-0.15, -0.1) is 0 Å². The summed E-state index contributed by atoms with van der Waals surface area (Å²) in [5, 5.41) is 2.85. The molecule has 2 heterocycles. The Bertz CT molecular complexity index is 1130. The van der Waals surface area contributed by atoms with Crippen LogP contribution in [0.25, 0.3) is 11.3 Å². The number of rotatable bonds is 5. The van der Waals surface area contributed by atoms with Crippen molar-refractivity contribution in [3.8, 4) is 11.3 Å².